The van der Waals surface area contributed by atoms with E-state index in [1.54, 1.807) is 18.2 Å². The van der Waals surface area contributed by atoms with Crippen molar-refractivity contribution in [1.82, 2.24) is 10.2 Å². The molecule has 0 saturated carbocycles. The third-order valence-corrected chi connectivity index (χ3v) is 2.40. The zero-order valence-electron chi connectivity index (χ0n) is 9.45. The molecule has 18 heavy (non-hydrogen) atoms. The van der Waals surface area contributed by atoms with Gasteiger partial charge in [0.05, 0.1) is 6.42 Å². The van der Waals surface area contributed by atoms with E-state index in [1.807, 2.05) is 6.92 Å². The number of hydrogen-bond acceptors (Lipinski definition) is 4. The van der Waals surface area contributed by atoms with Crippen molar-refractivity contribution >= 4 is 5.69 Å². The van der Waals surface area contributed by atoms with Gasteiger partial charge in [-0.3, -0.25) is 0 Å². The summed E-state index contributed by atoms with van der Waals surface area (Å²) in [5.41, 5.74) is 7.88. The lowest BCUT2D eigenvalue weighted by Gasteiger charge is -2.02. The number of nitrogens with zero attached hydrogens (tertiary/aromatic N) is 2. The van der Waals surface area contributed by atoms with Crippen molar-refractivity contribution in [2.45, 2.75) is 19.5 Å². The number of nitrogen functional groups attached to an aromatic ring is 1. The summed E-state index contributed by atoms with van der Waals surface area (Å²) in [5.74, 6) is -1.41. The van der Waals surface area contributed by atoms with Gasteiger partial charge < -0.3 is 10.2 Å². The molecule has 0 bridgehead atoms. The number of alkyl halides is 3. The second-order valence-corrected chi connectivity index (χ2v) is 3.87. The molecule has 2 aromatic rings. The minimum atomic E-state index is -4.61. The SMILES string of the molecule is Cc1cc(Cc2nnc(C(F)(F)F)o2)ccc1N. The summed E-state index contributed by atoms with van der Waals surface area (Å²) >= 11 is 0. The van der Waals surface area contributed by atoms with E-state index >= 15 is 0 Å². The zero-order chi connectivity index (χ0) is 13.3. The van der Waals surface area contributed by atoms with Gasteiger partial charge in [-0.15, -0.1) is 10.2 Å². The number of rotatable bonds is 2. The Morgan fingerprint density at radius 3 is 2.56 bits per heavy atom. The molecule has 0 saturated heterocycles. The zero-order valence-corrected chi connectivity index (χ0v) is 9.45. The van der Waals surface area contributed by atoms with E-state index in [0.29, 0.717) is 5.69 Å². The third-order valence-electron chi connectivity index (χ3n) is 2.40. The van der Waals surface area contributed by atoms with Crippen LogP contribution in [0.2, 0.25) is 0 Å². The van der Waals surface area contributed by atoms with Gasteiger partial charge in [-0.25, -0.2) is 0 Å². The molecule has 0 radical (unpaired) electrons. The van der Waals surface area contributed by atoms with E-state index in [0.717, 1.165) is 11.1 Å². The maximum atomic E-state index is 12.2. The molecular weight excluding hydrogens is 247 g/mol. The highest BCUT2D eigenvalue weighted by Crippen LogP contribution is 2.28. The lowest BCUT2D eigenvalue weighted by Crippen LogP contribution is -2.04. The third kappa shape index (κ3) is 2.61. The van der Waals surface area contributed by atoms with Gasteiger partial charge in [0.1, 0.15) is 0 Å². The number of halogens is 3. The maximum absolute atomic E-state index is 12.2. The largest absolute Gasteiger partial charge is 0.470 e. The quantitative estimate of drug-likeness (QED) is 0.840. The molecular formula is C11H10F3N3O. The van der Waals surface area contributed by atoms with Gasteiger partial charge in [0.25, 0.3) is 0 Å². The number of aryl methyl sites for hydroxylation is 1. The van der Waals surface area contributed by atoms with Crippen molar-refractivity contribution in [1.29, 1.82) is 0 Å². The number of benzene rings is 1. The van der Waals surface area contributed by atoms with Crippen molar-refractivity contribution in [2.75, 3.05) is 5.73 Å². The van der Waals surface area contributed by atoms with Crippen LogP contribution in [0.25, 0.3) is 0 Å². The molecule has 2 N–H and O–H groups in total. The van der Waals surface area contributed by atoms with Crippen LogP contribution >= 0.6 is 0 Å². The van der Waals surface area contributed by atoms with Gasteiger partial charge in [-0.05, 0) is 24.1 Å². The van der Waals surface area contributed by atoms with Gasteiger partial charge >= 0.3 is 12.1 Å². The monoisotopic (exact) mass is 257 g/mol. The van der Waals surface area contributed by atoms with E-state index < -0.39 is 12.1 Å². The molecule has 0 amide bonds. The Morgan fingerprint density at radius 1 is 1.28 bits per heavy atom. The Hall–Kier alpha value is -2.05. The van der Waals surface area contributed by atoms with Crippen LogP contribution in [0.15, 0.2) is 22.6 Å². The first kappa shape index (κ1) is 12.4. The molecule has 0 unspecified atom stereocenters. The van der Waals surface area contributed by atoms with Gasteiger partial charge in [0.2, 0.25) is 5.89 Å². The van der Waals surface area contributed by atoms with E-state index in [1.165, 1.54) is 0 Å². The summed E-state index contributed by atoms with van der Waals surface area (Å²) < 4.78 is 41.3. The molecule has 1 heterocycles. The van der Waals surface area contributed by atoms with Gasteiger partial charge in [-0.1, -0.05) is 12.1 Å². The molecule has 0 atom stereocenters. The molecule has 1 aromatic heterocycles. The Labute approximate surface area is 101 Å². The second kappa shape index (κ2) is 4.32. The molecule has 0 fully saturated rings. The average Bonchev–Trinajstić information content (AvgIpc) is 2.72. The molecule has 96 valence electrons. The Morgan fingerprint density at radius 2 is 2.00 bits per heavy atom. The second-order valence-electron chi connectivity index (χ2n) is 3.87. The fourth-order valence-corrected chi connectivity index (χ4v) is 1.46. The standard InChI is InChI=1S/C11H10F3N3O/c1-6-4-7(2-3-8(6)15)5-9-16-17-10(18-9)11(12,13)14/h2-4H,5,15H2,1H3. The molecule has 0 aliphatic rings. The van der Waals surface area contributed by atoms with E-state index in [2.05, 4.69) is 14.6 Å². The lowest BCUT2D eigenvalue weighted by atomic mass is 10.1. The van der Waals surface area contributed by atoms with Gasteiger partial charge in [-0.2, -0.15) is 13.2 Å². The highest BCUT2D eigenvalue weighted by atomic mass is 19.4. The smallest absolute Gasteiger partial charge is 0.417 e. The predicted molar refractivity (Wildman–Crippen MR) is 57.7 cm³/mol. The normalized spacial score (nSPS) is 11.8. The number of nitrogens with two attached hydrogens (primary N) is 1. The summed E-state index contributed by atoms with van der Waals surface area (Å²) in [7, 11) is 0. The summed E-state index contributed by atoms with van der Waals surface area (Å²) in [6, 6.07) is 5.16. The van der Waals surface area contributed by atoms with Crippen LogP contribution in [-0.4, -0.2) is 10.2 Å². The van der Waals surface area contributed by atoms with Gasteiger partial charge in [0.15, 0.2) is 0 Å². The Kier molecular flexibility index (Phi) is 2.98. The fourth-order valence-electron chi connectivity index (χ4n) is 1.46. The van der Waals surface area contributed by atoms with E-state index in [4.69, 9.17) is 5.73 Å². The Balaban J connectivity index is 2.19. The van der Waals surface area contributed by atoms with Crippen molar-refractivity contribution in [3.05, 3.63) is 41.1 Å². The summed E-state index contributed by atoms with van der Waals surface area (Å²) in [5, 5.41) is 6.32. The van der Waals surface area contributed by atoms with Crippen LogP contribution < -0.4 is 5.73 Å². The molecule has 0 aliphatic heterocycles. The first-order valence-corrected chi connectivity index (χ1v) is 5.11. The first-order valence-electron chi connectivity index (χ1n) is 5.11. The topological polar surface area (TPSA) is 64.9 Å². The van der Waals surface area contributed by atoms with Crippen LogP contribution in [0.4, 0.5) is 18.9 Å². The fraction of sp³-hybridized carbons (Fsp3) is 0.273. The van der Waals surface area contributed by atoms with E-state index in [9.17, 15) is 13.2 Å². The van der Waals surface area contributed by atoms with Crippen LogP contribution in [0, 0.1) is 6.92 Å². The molecule has 2 rings (SSSR count). The average molecular weight is 257 g/mol. The lowest BCUT2D eigenvalue weighted by molar-refractivity contribution is -0.157. The Bertz CT molecular complexity index is 563. The number of aromatic nitrogens is 2. The highest BCUT2D eigenvalue weighted by Gasteiger charge is 2.38. The minimum absolute atomic E-state index is 0.0773. The minimum Gasteiger partial charge on any atom is -0.417 e. The van der Waals surface area contributed by atoms with Crippen molar-refractivity contribution < 1.29 is 17.6 Å². The first-order chi connectivity index (χ1) is 8.36. The number of anilines is 1. The summed E-state index contributed by atoms with van der Waals surface area (Å²) in [6.45, 7) is 1.81. The molecule has 0 spiro atoms. The van der Waals surface area contributed by atoms with Crippen LogP contribution in [0.5, 0.6) is 0 Å². The van der Waals surface area contributed by atoms with Crippen molar-refractivity contribution in [3.63, 3.8) is 0 Å². The van der Waals surface area contributed by atoms with Gasteiger partial charge in [0, 0.05) is 5.69 Å². The van der Waals surface area contributed by atoms with Crippen LogP contribution in [0.3, 0.4) is 0 Å². The van der Waals surface area contributed by atoms with Crippen LogP contribution in [-0.2, 0) is 12.6 Å². The van der Waals surface area contributed by atoms with E-state index in [-0.39, 0.29) is 12.3 Å². The molecule has 7 heteroatoms. The number of hydrogen-bond donors (Lipinski definition) is 1. The summed E-state index contributed by atoms with van der Waals surface area (Å²) in [4.78, 5) is 0. The van der Waals surface area contributed by atoms with Crippen molar-refractivity contribution in [2.24, 2.45) is 0 Å². The van der Waals surface area contributed by atoms with Crippen LogP contribution in [0.1, 0.15) is 22.9 Å². The molecule has 0 aliphatic carbocycles. The predicted octanol–water partition coefficient (Wildman–Crippen LogP) is 2.57. The summed E-state index contributed by atoms with van der Waals surface area (Å²) in [6.07, 6.45) is -4.47. The molecule has 4 nitrogen and oxygen atoms in total. The molecule has 1 aromatic carbocycles. The van der Waals surface area contributed by atoms with Crippen molar-refractivity contribution in [3.8, 4) is 0 Å². The maximum Gasteiger partial charge on any atom is 0.470 e. The highest BCUT2D eigenvalue weighted by molar-refractivity contribution is 5.47.